The van der Waals surface area contributed by atoms with Crippen LogP contribution in [0.25, 0.3) is 0 Å². The lowest BCUT2D eigenvalue weighted by molar-refractivity contribution is -0.161. The molecule has 0 heterocycles. The fourth-order valence-electron chi connectivity index (χ4n) is 2.64. The SMILES string of the molecule is CCOC1CC(NCCN(CC)CC)(C(=O)OC)C1. The summed E-state index contributed by atoms with van der Waals surface area (Å²) in [7, 11) is 1.45. The van der Waals surface area contributed by atoms with Gasteiger partial charge >= 0.3 is 5.97 Å². The van der Waals surface area contributed by atoms with Gasteiger partial charge in [0.15, 0.2) is 0 Å². The number of esters is 1. The normalized spacial score (nSPS) is 26.3. The van der Waals surface area contributed by atoms with Crippen LogP contribution < -0.4 is 5.32 Å². The first-order chi connectivity index (χ1) is 9.11. The molecule has 0 bridgehead atoms. The highest BCUT2D eigenvalue weighted by Crippen LogP contribution is 2.35. The minimum absolute atomic E-state index is 0.164. The van der Waals surface area contributed by atoms with E-state index in [2.05, 4.69) is 24.1 Å². The Morgan fingerprint density at radius 2 is 1.95 bits per heavy atom. The van der Waals surface area contributed by atoms with Crippen LogP contribution in [0.3, 0.4) is 0 Å². The van der Waals surface area contributed by atoms with Crippen molar-refractivity contribution in [2.75, 3.05) is 39.9 Å². The van der Waals surface area contributed by atoms with Gasteiger partial charge in [0.1, 0.15) is 5.54 Å². The first-order valence-corrected chi connectivity index (χ1v) is 7.29. The molecule has 1 saturated carbocycles. The molecule has 0 radical (unpaired) electrons. The van der Waals surface area contributed by atoms with E-state index in [-0.39, 0.29) is 12.1 Å². The predicted molar refractivity (Wildman–Crippen MR) is 75.2 cm³/mol. The van der Waals surface area contributed by atoms with Gasteiger partial charge in [-0.1, -0.05) is 13.8 Å². The van der Waals surface area contributed by atoms with Crippen LogP contribution in [0, 0.1) is 0 Å². The molecule has 0 aliphatic heterocycles. The van der Waals surface area contributed by atoms with Gasteiger partial charge in [-0.25, -0.2) is 0 Å². The van der Waals surface area contributed by atoms with E-state index in [1.807, 2.05) is 6.92 Å². The number of nitrogens with zero attached hydrogens (tertiary/aromatic N) is 1. The van der Waals surface area contributed by atoms with Gasteiger partial charge in [0.2, 0.25) is 0 Å². The van der Waals surface area contributed by atoms with Crippen molar-refractivity contribution in [2.45, 2.75) is 45.3 Å². The lowest BCUT2D eigenvalue weighted by atomic mass is 9.74. The topological polar surface area (TPSA) is 50.8 Å². The van der Waals surface area contributed by atoms with Crippen LogP contribution in [0.1, 0.15) is 33.6 Å². The van der Waals surface area contributed by atoms with E-state index < -0.39 is 5.54 Å². The van der Waals surface area contributed by atoms with Crippen molar-refractivity contribution in [1.82, 2.24) is 10.2 Å². The Morgan fingerprint density at radius 3 is 2.42 bits per heavy atom. The number of hydrogen-bond donors (Lipinski definition) is 1. The summed E-state index contributed by atoms with van der Waals surface area (Å²) in [6.45, 7) is 10.8. The number of carbonyl (C=O) groups is 1. The smallest absolute Gasteiger partial charge is 0.326 e. The molecule has 0 aromatic heterocycles. The highest BCUT2D eigenvalue weighted by molar-refractivity contribution is 5.82. The van der Waals surface area contributed by atoms with E-state index in [0.29, 0.717) is 19.4 Å². The van der Waals surface area contributed by atoms with Crippen molar-refractivity contribution in [3.63, 3.8) is 0 Å². The number of rotatable bonds is 9. The van der Waals surface area contributed by atoms with Crippen molar-refractivity contribution in [1.29, 1.82) is 0 Å². The summed E-state index contributed by atoms with van der Waals surface area (Å²) in [6.07, 6.45) is 1.61. The van der Waals surface area contributed by atoms with Gasteiger partial charge in [0.05, 0.1) is 13.2 Å². The summed E-state index contributed by atoms with van der Waals surface area (Å²) < 4.78 is 10.5. The summed E-state index contributed by atoms with van der Waals surface area (Å²) in [5, 5.41) is 3.37. The van der Waals surface area contributed by atoms with Crippen molar-refractivity contribution in [3.8, 4) is 0 Å². The average molecular weight is 272 g/mol. The highest BCUT2D eigenvalue weighted by Gasteiger charge is 2.51. The molecule has 1 fully saturated rings. The molecule has 0 aromatic rings. The van der Waals surface area contributed by atoms with E-state index in [1.54, 1.807) is 0 Å². The maximum absolute atomic E-state index is 11.9. The van der Waals surface area contributed by atoms with E-state index in [1.165, 1.54) is 7.11 Å². The summed E-state index contributed by atoms with van der Waals surface area (Å²) in [5.74, 6) is -0.164. The number of hydrogen-bond acceptors (Lipinski definition) is 5. The second kappa shape index (κ2) is 7.82. The summed E-state index contributed by atoms with van der Waals surface area (Å²) in [6, 6.07) is 0. The molecule has 1 aliphatic rings. The molecule has 1 aliphatic carbocycles. The van der Waals surface area contributed by atoms with Crippen molar-refractivity contribution in [2.24, 2.45) is 0 Å². The minimum Gasteiger partial charge on any atom is -0.468 e. The second-order valence-electron chi connectivity index (χ2n) is 5.01. The molecular formula is C14H28N2O3. The van der Waals surface area contributed by atoms with Gasteiger partial charge in [0, 0.05) is 32.5 Å². The predicted octanol–water partition coefficient (Wildman–Crippen LogP) is 1.03. The van der Waals surface area contributed by atoms with Crippen molar-refractivity contribution >= 4 is 5.97 Å². The van der Waals surface area contributed by atoms with Crippen LogP contribution in [0.15, 0.2) is 0 Å². The first kappa shape index (κ1) is 16.4. The minimum atomic E-state index is -0.526. The van der Waals surface area contributed by atoms with Gasteiger partial charge in [0.25, 0.3) is 0 Å². The number of carbonyl (C=O) groups excluding carboxylic acids is 1. The van der Waals surface area contributed by atoms with Crippen molar-refractivity contribution < 1.29 is 14.3 Å². The largest absolute Gasteiger partial charge is 0.468 e. The highest BCUT2D eigenvalue weighted by atomic mass is 16.5. The van der Waals surface area contributed by atoms with E-state index in [4.69, 9.17) is 9.47 Å². The molecule has 0 unspecified atom stereocenters. The van der Waals surface area contributed by atoms with E-state index in [9.17, 15) is 4.79 Å². The van der Waals surface area contributed by atoms with Gasteiger partial charge in [-0.15, -0.1) is 0 Å². The zero-order valence-corrected chi connectivity index (χ0v) is 12.7. The zero-order valence-electron chi connectivity index (χ0n) is 12.7. The molecule has 0 saturated heterocycles. The maximum atomic E-state index is 11.9. The molecular weight excluding hydrogens is 244 g/mol. The second-order valence-corrected chi connectivity index (χ2v) is 5.01. The summed E-state index contributed by atoms with van der Waals surface area (Å²) in [5.41, 5.74) is -0.526. The Hall–Kier alpha value is -0.650. The third kappa shape index (κ3) is 4.16. The molecule has 0 amide bonds. The average Bonchev–Trinajstić information content (AvgIpc) is 2.39. The maximum Gasteiger partial charge on any atom is 0.326 e. The van der Waals surface area contributed by atoms with Gasteiger partial charge in [-0.2, -0.15) is 0 Å². The Balaban J connectivity index is 2.42. The number of ether oxygens (including phenoxy) is 2. The molecule has 1 N–H and O–H groups in total. The fraction of sp³-hybridized carbons (Fsp3) is 0.929. The first-order valence-electron chi connectivity index (χ1n) is 7.29. The van der Waals surface area contributed by atoms with Crippen LogP contribution >= 0.6 is 0 Å². The van der Waals surface area contributed by atoms with Crippen LogP contribution in [-0.4, -0.2) is 62.4 Å². The Bertz CT molecular complexity index is 274. The lowest BCUT2D eigenvalue weighted by Crippen LogP contribution is -2.64. The molecule has 0 atom stereocenters. The molecule has 0 aromatic carbocycles. The molecule has 112 valence electrons. The Morgan fingerprint density at radius 1 is 1.32 bits per heavy atom. The number of likely N-dealkylation sites (N-methyl/N-ethyl adjacent to an activating group) is 1. The summed E-state index contributed by atoms with van der Waals surface area (Å²) in [4.78, 5) is 14.3. The fourth-order valence-corrected chi connectivity index (χ4v) is 2.64. The number of methoxy groups -OCH3 is 1. The van der Waals surface area contributed by atoms with Crippen molar-refractivity contribution in [3.05, 3.63) is 0 Å². The number of nitrogens with one attached hydrogen (secondary N) is 1. The Labute approximate surface area is 116 Å². The molecule has 0 spiro atoms. The van der Waals surface area contributed by atoms with Gasteiger partial charge < -0.3 is 19.7 Å². The quantitative estimate of drug-likeness (QED) is 0.635. The Kier molecular flexibility index (Phi) is 6.75. The standard InChI is InChI=1S/C14H28N2O3/c1-5-16(6-2)9-8-15-14(13(17)18-4)10-12(11-14)19-7-3/h12,15H,5-11H2,1-4H3. The third-order valence-electron chi connectivity index (χ3n) is 3.92. The van der Waals surface area contributed by atoms with Crippen LogP contribution in [-0.2, 0) is 14.3 Å². The van der Waals surface area contributed by atoms with E-state index >= 15 is 0 Å². The summed E-state index contributed by atoms with van der Waals surface area (Å²) >= 11 is 0. The van der Waals surface area contributed by atoms with Crippen LogP contribution in [0.2, 0.25) is 0 Å². The molecule has 5 nitrogen and oxygen atoms in total. The molecule has 5 heteroatoms. The lowest BCUT2D eigenvalue weighted by Gasteiger charge is -2.45. The van der Waals surface area contributed by atoms with Gasteiger partial charge in [-0.3, -0.25) is 4.79 Å². The van der Waals surface area contributed by atoms with E-state index in [0.717, 1.165) is 26.2 Å². The van der Waals surface area contributed by atoms with Gasteiger partial charge in [-0.05, 0) is 20.0 Å². The monoisotopic (exact) mass is 272 g/mol. The zero-order chi connectivity index (χ0) is 14.3. The third-order valence-corrected chi connectivity index (χ3v) is 3.92. The molecule has 1 rings (SSSR count). The molecule has 19 heavy (non-hydrogen) atoms. The van der Waals surface area contributed by atoms with Crippen LogP contribution in [0.5, 0.6) is 0 Å². The van der Waals surface area contributed by atoms with Crippen LogP contribution in [0.4, 0.5) is 0 Å².